The van der Waals surface area contributed by atoms with Crippen molar-refractivity contribution in [3.8, 4) is 5.75 Å². The lowest BCUT2D eigenvalue weighted by atomic mass is 10.0. The molecule has 1 saturated heterocycles. The molecule has 1 amide bonds. The van der Waals surface area contributed by atoms with Crippen molar-refractivity contribution in [2.75, 3.05) is 19.6 Å². The van der Waals surface area contributed by atoms with Gasteiger partial charge in [0.1, 0.15) is 5.75 Å². The van der Waals surface area contributed by atoms with Crippen molar-refractivity contribution in [2.24, 2.45) is 0 Å². The molecule has 136 valence electrons. The van der Waals surface area contributed by atoms with Gasteiger partial charge in [-0.15, -0.1) is 12.4 Å². The van der Waals surface area contributed by atoms with Gasteiger partial charge in [-0.25, -0.2) is 0 Å². The van der Waals surface area contributed by atoms with E-state index in [1.807, 2.05) is 4.90 Å². The molecule has 7 heteroatoms. The number of hydrogen-bond donors (Lipinski definition) is 1. The summed E-state index contributed by atoms with van der Waals surface area (Å²) in [5, 5.41) is 4.23. The summed E-state index contributed by atoms with van der Waals surface area (Å²) in [7, 11) is 0. The normalized spacial score (nSPS) is 16.2. The second kappa shape index (κ2) is 10.3. The number of amides is 1. The predicted octanol–water partition coefficient (Wildman–Crippen LogP) is 4.17. The second-order valence-corrected chi connectivity index (χ2v) is 6.66. The fourth-order valence-corrected chi connectivity index (χ4v) is 3.16. The topological polar surface area (TPSA) is 41.6 Å². The molecule has 0 aromatic heterocycles. The van der Waals surface area contributed by atoms with E-state index in [0.29, 0.717) is 21.8 Å². The molecule has 1 aromatic carbocycles. The lowest BCUT2D eigenvalue weighted by Crippen LogP contribution is -2.50. The van der Waals surface area contributed by atoms with Crippen molar-refractivity contribution in [3.05, 3.63) is 28.2 Å². The third-order valence-electron chi connectivity index (χ3n) is 4.05. The standard InChI is InChI=1S/C17H24Cl2N2O2.ClH/c1-3-10-21(13-6-8-20-9-7-13)17(22)12(2)23-14-4-5-15(18)16(19)11-14;/h4-5,11-13,20H,3,6-10H2,1-2H3;1H. The number of carbonyl (C=O) groups excluding carboxylic acids is 1. The number of carbonyl (C=O) groups is 1. The Morgan fingerprint density at radius 3 is 2.58 bits per heavy atom. The van der Waals surface area contributed by atoms with E-state index in [0.717, 1.165) is 38.9 Å². The number of nitrogens with zero attached hydrogens (tertiary/aromatic N) is 1. The quantitative estimate of drug-likeness (QED) is 0.786. The van der Waals surface area contributed by atoms with Crippen LogP contribution in [0.5, 0.6) is 5.75 Å². The number of halogens is 3. The molecule has 1 aliphatic heterocycles. The Balaban J connectivity index is 0.00000288. The van der Waals surface area contributed by atoms with Gasteiger partial charge >= 0.3 is 0 Å². The first-order valence-corrected chi connectivity index (χ1v) is 8.91. The second-order valence-electron chi connectivity index (χ2n) is 5.85. The highest BCUT2D eigenvalue weighted by molar-refractivity contribution is 6.42. The van der Waals surface area contributed by atoms with Gasteiger partial charge in [0.15, 0.2) is 6.10 Å². The zero-order valence-electron chi connectivity index (χ0n) is 14.1. The number of nitrogens with one attached hydrogen (secondary N) is 1. The fourth-order valence-electron chi connectivity index (χ4n) is 2.87. The third-order valence-corrected chi connectivity index (χ3v) is 4.79. The Labute approximate surface area is 160 Å². The number of rotatable bonds is 6. The molecule has 0 bridgehead atoms. The van der Waals surface area contributed by atoms with E-state index in [2.05, 4.69) is 12.2 Å². The van der Waals surface area contributed by atoms with E-state index in [1.54, 1.807) is 25.1 Å². The van der Waals surface area contributed by atoms with Crippen LogP contribution in [-0.2, 0) is 4.79 Å². The van der Waals surface area contributed by atoms with E-state index in [4.69, 9.17) is 27.9 Å². The minimum Gasteiger partial charge on any atom is -0.481 e. The highest BCUT2D eigenvalue weighted by Crippen LogP contribution is 2.27. The summed E-state index contributed by atoms with van der Waals surface area (Å²) in [6, 6.07) is 5.34. The van der Waals surface area contributed by atoms with Crippen LogP contribution < -0.4 is 10.1 Å². The van der Waals surface area contributed by atoms with Crippen molar-refractivity contribution in [1.29, 1.82) is 0 Å². The van der Waals surface area contributed by atoms with Crippen LogP contribution in [0.4, 0.5) is 0 Å². The van der Waals surface area contributed by atoms with E-state index in [-0.39, 0.29) is 18.3 Å². The van der Waals surface area contributed by atoms with E-state index in [1.165, 1.54) is 0 Å². The zero-order valence-corrected chi connectivity index (χ0v) is 16.4. The van der Waals surface area contributed by atoms with Gasteiger partial charge in [-0.05, 0) is 51.4 Å². The maximum atomic E-state index is 12.8. The molecule has 2 rings (SSSR count). The van der Waals surface area contributed by atoms with Crippen molar-refractivity contribution in [2.45, 2.75) is 45.3 Å². The van der Waals surface area contributed by atoms with Crippen molar-refractivity contribution in [1.82, 2.24) is 10.2 Å². The Hall–Kier alpha value is -0.680. The van der Waals surface area contributed by atoms with Crippen LogP contribution >= 0.6 is 35.6 Å². The minimum absolute atomic E-state index is 0. The van der Waals surface area contributed by atoms with Crippen molar-refractivity contribution in [3.63, 3.8) is 0 Å². The van der Waals surface area contributed by atoms with Gasteiger partial charge in [0.25, 0.3) is 5.91 Å². The van der Waals surface area contributed by atoms with Crippen LogP contribution in [0.25, 0.3) is 0 Å². The average molecular weight is 396 g/mol. The molecule has 1 N–H and O–H groups in total. The van der Waals surface area contributed by atoms with Gasteiger partial charge in [0.05, 0.1) is 10.0 Å². The summed E-state index contributed by atoms with van der Waals surface area (Å²) >= 11 is 11.9. The molecular formula is C17H25Cl3N2O2. The van der Waals surface area contributed by atoms with E-state index < -0.39 is 6.10 Å². The smallest absolute Gasteiger partial charge is 0.263 e. The molecule has 1 aliphatic rings. The molecule has 1 fully saturated rings. The monoisotopic (exact) mass is 394 g/mol. The molecule has 4 nitrogen and oxygen atoms in total. The molecule has 1 unspecified atom stereocenters. The molecule has 0 saturated carbocycles. The van der Waals surface area contributed by atoms with Crippen LogP contribution in [-0.4, -0.2) is 42.6 Å². The summed E-state index contributed by atoms with van der Waals surface area (Å²) in [5.74, 6) is 0.590. The maximum Gasteiger partial charge on any atom is 0.263 e. The Kier molecular flexibility index (Phi) is 9.21. The van der Waals surface area contributed by atoms with Crippen LogP contribution in [0.2, 0.25) is 10.0 Å². The number of piperidine rings is 1. The summed E-state index contributed by atoms with van der Waals surface area (Å²) < 4.78 is 5.78. The molecule has 1 atom stereocenters. The highest BCUT2D eigenvalue weighted by Gasteiger charge is 2.28. The first-order chi connectivity index (χ1) is 11.0. The van der Waals surface area contributed by atoms with Crippen LogP contribution in [0, 0.1) is 0 Å². The molecule has 1 aromatic rings. The van der Waals surface area contributed by atoms with Crippen LogP contribution in [0.1, 0.15) is 33.1 Å². The maximum absolute atomic E-state index is 12.8. The van der Waals surface area contributed by atoms with Crippen LogP contribution in [0.3, 0.4) is 0 Å². The molecule has 0 radical (unpaired) electrons. The first-order valence-electron chi connectivity index (χ1n) is 8.15. The average Bonchev–Trinajstić information content (AvgIpc) is 2.56. The first kappa shape index (κ1) is 21.4. The van der Waals surface area contributed by atoms with Gasteiger partial charge in [-0.1, -0.05) is 30.1 Å². The third kappa shape index (κ3) is 5.69. The lowest BCUT2D eigenvalue weighted by molar-refractivity contribution is -0.141. The van der Waals surface area contributed by atoms with Gasteiger partial charge < -0.3 is 15.0 Å². The van der Waals surface area contributed by atoms with Crippen molar-refractivity contribution < 1.29 is 9.53 Å². The molecular weight excluding hydrogens is 371 g/mol. The van der Waals surface area contributed by atoms with Gasteiger partial charge in [-0.3, -0.25) is 4.79 Å². The molecule has 24 heavy (non-hydrogen) atoms. The lowest BCUT2D eigenvalue weighted by Gasteiger charge is -2.36. The number of hydrogen-bond acceptors (Lipinski definition) is 3. The predicted molar refractivity (Wildman–Crippen MR) is 102 cm³/mol. The van der Waals surface area contributed by atoms with Gasteiger partial charge in [0, 0.05) is 18.7 Å². The fraction of sp³-hybridized carbons (Fsp3) is 0.588. The number of benzene rings is 1. The highest BCUT2D eigenvalue weighted by atomic mass is 35.5. The van der Waals surface area contributed by atoms with Gasteiger partial charge in [0.2, 0.25) is 0 Å². The molecule has 0 aliphatic carbocycles. The molecule has 1 heterocycles. The SMILES string of the molecule is CCCN(C(=O)C(C)Oc1ccc(Cl)c(Cl)c1)C1CCNCC1.Cl. The summed E-state index contributed by atoms with van der Waals surface area (Å²) in [4.78, 5) is 14.8. The van der Waals surface area contributed by atoms with E-state index in [9.17, 15) is 4.79 Å². The molecule has 0 spiro atoms. The minimum atomic E-state index is -0.548. The van der Waals surface area contributed by atoms with Gasteiger partial charge in [-0.2, -0.15) is 0 Å². The Morgan fingerprint density at radius 1 is 1.33 bits per heavy atom. The number of ether oxygens (including phenoxy) is 1. The van der Waals surface area contributed by atoms with Crippen LogP contribution in [0.15, 0.2) is 18.2 Å². The summed E-state index contributed by atoms with van der Waals surface area (Å²) in [6.45, 7) is 6.55. The Bertz CT molecular complexity index is 537. The summed E-state index contributed by atoms with van der Waals surface area (Å²) in [6.07, 6.45) is 2.37. The van der Waals surface area contributed by atoms with Crippen molar-refractivity contribution >= 4 is 41.5 Å². The summed E-state index contributed by atoms with van der Waals surface area (Å²) in [5.41, 5.74) is 0. The largest absolute Gasteiger partial charge is 0.481 e. The zero-order chi connectivity index (χ0) is 16.8. The van der Waals surface area contributed by atoms with E-state index >= 15 is 0 Å². The Morgan fingerprint density at radius 2 is 2.00 bits per heavy atom.